The van der Waals surface area contributed by atoms with Crippen LogP contribution in [-0.4, -0.2) is 58.7 Å². The van der Waals surface area contributed by atoms with Crippen LogP contribution < -0.4 is 4.72 Å². The molecule has 1 amide bonds. The van der Waals surface area contributed by atoms with E-state index in [0.29, 0.717) is 24.3 Å². The third-order valence-electron chi connectivity index (χ3n) is 5.01. The Morgan fingerprint density at radius 1 is 1.26 bits per heavy atom. The molecule has 1 saturated heterocycles. The zero-order valence-electron chi connectivity index (χ0n) is 17.4. The maximum Gasteiger partial charge on any atom is 0.254 e. The molecule has 1 atom stereocenters. The van der Waals surface area contributed by atoms with Crippen LogP contribution >= 0.6 is 0 Å². The number of benzene rings is 2. The maximum absolute atomic E-state index is 13.6. The Bertz CT molecular complexity index is 976. The first kappa shape index (κ1) is 23.3. The van der Waals surface area contributed by atoms with Crippen molar-refractivity contribution < 1.29 is 27.1 Å². The van der Waals surface area contributed by atoms with Gasteiger partial charge in [0.1, 0.15) is 5.82 Å². The average Bonchev–Trinajstić information content (AvgIpc) is 3.26. The van der Waals surface area contributed by atoms with Crippen LogP contribution in [0, 0.1) is 5.82 Å². The molecule has 0 aromatic heterocycles. The van der Waals surface area contributed by atoms with Crippen LogP contribution in [-0.2, 0) is 26.0 Å². The Balaban J connectivity index is 1.76. The summed E-state index contributed by atoms with van der Waals surface area (Å²) in [6.45, 7) is 1.69. The number of hydrogen-bond donors (Lipinski definition) is 1. The van der Waals surface area contributed by atoms with Gasteiger partial charge in [-0.2, -0.15) is 0 Å². The second-order valence-electron chi connectivity index (χ2n) is 7.37. The highest BCUT2D eigenvalue weighted by atomic mass is 32.2. The molecule has 1 heterocycles. The molecule has 31 heavy (non-hydrogen) atoms. The van der Waals surface area contributed by atoms with Gasteiger partial charge < -0.3 is 14.4 Å². The fraction of sp³-hybridized carbons (Fsp3) is 0.409. The molecule has 168 valence electrons. The number of hydrogen-bond acceptors (Lipinski definition) is 5. The van der Waals surface area contributed by atoms with Gasteiger partial charge in [-0.25, -0.2) is 17.5 Å². The second-order valence-corrected chi connectivity index (χ2v) is 9.13. The van der Waals surface area contributed by atoms with Gasteiger partial charge >= 0.3 is 0 Å². The molecule has 0 aliphatic carbocycles. The molecule has 1 aliphatic heterocycles. The smallest absolute Gasteiger partial charge is 0.254 e. The predicted octanol–water partition coefficient (Wildman–Crippen LogP) is 2.57. The van der Waals surface area contributed by atoms with E-state index in [0.717, 1.165) is 12.8 Å². The summed E-state index contributed by atoms with van der Waals surface area (Å²) in [5.41, 5.74) is 1.03. The highest BCUT2D eigenvalue weighted by Crippen LogP contribution is 2.19. The summed E-state index contributed by atoms with van der Waals surface area (Å²) >= 11 is 0. The van der Waals surface area contributed by atoms with Crippen LogP contribution in [0.15, 0.2) is 53.4 Å². The molecule has 3 rings (SSSR count). The summed E-state index contributed by atoms with van der Waals surface area (Å²) in [6, 6.07) is 11.9. The van der Waals surface area contributed by atoms with Crippen LogP contribution in [0.3, 0.4) is 0 Å². The minimum atomic E-state index is -3.68. The Morgan fingerprint density at radius 3 is 2.68 bits per heavy atom. The number of rotatable bonds is 10. The summed E-state index contributed by atoms with van der Waals surface area (Å²) in [6.07, 6.45) is 1.73. The lowest BCUT2D eigenvalue weighted by Gasteiger charge is -2.26. The summed E-state index contributed by atoms with van der Waals surface area (Å²) < 4.78 is 51.2. The first-order valence-corrected chi connectivity index (χ1v) is 11.6. The monoisotopic (exact) mass is 450 g/mol. The molecule has 9 heteroatoms. The highest BCUT2D eigenvalue weighted by Gasteiger charge is 2.24. The van der Waals surface area contributed by atoms with Gasteiger partial charge in [0.05, 0.1) is 17.6 Å². The van der Waals surface area contributed by atoms with E-state index in [4.69, 9.17) is 9.47 Å². The van der Waals surface area contributed by atoms with Crippen LogP contribution in [0.1, 0.15) is 28.8 Å². The van der Waals surface area contributed by atoms with E-state index in [9.17, 15) is 17.6 Å². The Morgan fingerprint density at radius 2 is 2.03 bits per heavy atom. The SMILES string of the molecule is COCCNS(=O)(=O)c1ccc(C(=O)N(Cc2cccc(F)c2)C[C@H]2CCCO2)cc1. The number of amides is 1. The largest absolute Gasteiger partial charge is 0.383 e. The first-order valence-electron chi connectivity index (χ1n) is 10.1. The van der Waals surface area contributed by atoms with Gasteiger partial charge in [-0.3, -0.25) is 4.79 Å². The van der Waals surface area contributed by atoms with Gasteiger partial charge in [0.15, 0.2) is 0 Å². The fourth-order valence-corrected chi connectivity index (χ4v) is 4.44. The quantitative estimate of drug-likeness (QED) is 0.563. The van der Waals surface area contributed by atoms with Gasteiger partial charge in [-0.05, 0) is 54.8 Å². The summed E-state index contributed by atoms with van der Waals surface area (Å²) in [7, 11) is -2.20. The number of carbonyl (C=O) groups excluding carboxylic acids is 1. The zero-order chi connectivity index (χ0) is 22.3. The first-order chi connectivity index (χ1) is 14.9. The van der Waals surface area contributed by atoms with Crippen molar-refractivity contribution in [1.29, 1.82) is 0 Å². The van der Waals surface area contributed by atoms with E-state index >= 15 is 0 Å². The number of nitrogens with zero attached hydrogens (tertiary/aromatic N) is 1. The Kier molecular flexibility index (Phi) is 8.14. The molecular formula is C22H27FN2O5S. The fourth-order valence-electron chi connectivity index (χ4n) is 3.43. The molecule has 1 fully saturated rings. The minimum Gasteiger partial charge on any atom is -0.383 e. The van der Waals surface area contributed by atoms with Crippen LogP contribution in [0.2, 0.25) is 0 Å². The standard InChI is InChI=1S/C22H27FN2O5S/c1-29-13-11-24-31(27,28)21-9-7-18(8-10-21)22(26)25(16-20-6-3-12-30-20)15-17-4-2-5-19(23)14-17/h2,4-5,7-10,14,20,24H,3,6,11-13,15-16H2,1H3/t20-/m1/s1. The van der Waals surface area contributed by atoms with Crippen molar-refractivity contribution in [2.45, 2.75) is 30.4 Å². The molecule has 0 radical (unpaired) electrons. The molecule has 0 unspecified atom stereocenters. The molecule has 0 saturated carbocycles. The Hall–Kier alpha value is -2.33. The third kappa shape index (κ3) is 6.57. The third-order valence-corrected chi connectivity index (χ3v) is 6.48. The van der Waals surface area contributed by atoms with E-state index in [1.807, 2.05) is 0 Å². The molecule has 1 N–H and O–H groups in total. The number of sulfonamides is 1. The van der Waals surface area contributed by atoms with E-state index < -0.39 is 10.0 Å². The second kappa shape index (κ2) is 10.8. The van der Waals surface area contributed by atoms with E-state index in [-0.39, 0.29) is 42.4 Å². The van der Waals surface area contributed by atoms with E-state index in [2.05, 4.69) is 4.72 Å². The molecule has 7 nitrogen and oxygen atoms in total. The number of carbonyl (C=O) groups is 1. The Labute approximate surface area is 182 Å². The van der Waals surface area contributed by atoms with Crippen molar-refractivity contribution in [1.82, 2.24) is 9.62 Å². The lowest BCUT2D eigenvalue weighted by Crippen LogP contribution is -2.37. The topological polar surface area (TPSA) is 84.9 Å². The molecular weight excluding hydrogens is 423 g/mol. The van der Waals surface area contributed by atoms with Crippen molar-refractivity contribution in [3.05, 3.63) is 65.5 Å². The zero-order valence-corrected chi connectivity index (χ0v) is 18.2. The normalized spacial score (nSPS) is 16.4. The summed E-state index contributed by atoms with van der Waals surface area (Å²) in [4.78, 5) is 14.9. The van der Waals surface area contributed by atoms with Gasteiger partial charge in [0.25, 0.3) is 5.91 Å². The van der Waals surface area contributed by atoms with E-state index in [1.165, 1.54) is 43.5 Å². The number of ether oxygens (including phenoxy) is 2. The molecule has 1 aliphatic rings. The predicted molar refractivity (Wildman–Crippen MR) is 114 cm³/mol. The van der Waals surface area contributed by atoms with Gasteiger partial charge in [0.2, 0.25) is 10.0 Å². The van der Waals surface area contributed by atoms with Crippen molar-refractivity contribution in [3.63, 3.8) is 0 Å². The van der Waals surface area contributed by atoms with Crippen molar-refractivity contribution >= 4 is 15.9 Å². The van der Waals surface area contributed by atoms with Gasteiger partial charge in [-0.15, -0.1) is 0 Å². The molecule has 2 aromatic rings. The summed E-state index contributed by atoms with van der Waals surface area (Å²) in [5, 5.41) is 0. The van der Waals surface area contributed by atoms with Crippen molar-refractivity contribution in [3.8, 4) is 0 Å². The van der Waals surface area contributed by atoms with Crippen molar-refractivity contribution in [2.75, 3.05) is 33.4 Å². The van der Waals surface area contributed by atoms with Crippen LogP contribution in [0.25, 0.3) is 0 Å². The number of halogens is 1. The lowest BCUT2D eigenvalue weighted by molar-refractivity contribution is 0.0507. The minimum absolute atomic E-state index is 0.0657. The van der Waals surface area contributed by atoms with Gasteiger partial charge in [-0.1, -0.05) is 12.1 Å². The summed E-state index contributed by atoms with van der Waals surface area (Å²) in [5.74, 6) is -0.631. The van der Waals surface area contributed by atoms with Crippen LogP contribution in [0.4, 0.5) is 4.39 Å². The maximum atomic E-state index is 13.6. The molecule has 0 spiro atoms. The molecule has 0 bridgehead atoms. The number of nitrogens with one attached hydrogen (secondary N) is 1. The number of methoxy groups -OCH3 is 1. The van der Waals surface area contributed by atoms with E-state index in [1.54, 1.807) is 17.0 Å². The van der Waals surface area contributed by atoms with Crippen LogP contribution in [0.5, 0.6) is 0 Å². The molecule has 2 aromatic carbocycles. The highest BCUT2D eigenvalue weighted by molar-refractivity contribution is 7.89. The average molecular weight is 451 g/mol. The van der Waals surface area contributed by atoms with Gasteiger partial charge in [0, 0.05) is 38.9 Å². The van der Waals surface area contributed by atoms with Crippen molar-refractivity contribution in [2.24, 2.45) is 0 Å². The lowest BCUT2D eigenvalue weighted by atomic mass is 10.1.